The molecule has 1 heterocycles. The summed E-state index contributed by atoms with van der Waals surface area (Å²) in [5, 5.41) is 14.7. The molecule has 0 aliphatic heterocycles. The summed E-state index contributed by atoms with van der Waals surface area (Å²) in [6, 6.07) is 11.7. The second-order valence-corrected chi connectivity index (χ2v) is 4.33. The molecule has 0 bridgehead atoms. The Morgan fingerprint density at radius 2 is 2.15 bits per heavy atom. The molecule has 100 valence electrons. The van der Waals surface area contributed by atoms with Gasteiger partial charge in [0.15, 0.2) is 0 Å². The van der Waals surface area contributed by atoms with E-state index in [2.05, 4.69) is 15.6 Å². The molecule has 5 nitrogen and oxygen atoms in total. The minimum atomic E-state index is -0.390. The van der Waals surface area contributed by atoms with E-state index in [9.17, 15) is 4.79 Å². The van der Waals surface area contributed by atoms with E-state index < -0.39 is 0 Å². The van der Waals surface area contributed by atoms with E-state index >= 15 is 0 Å². The number of pyridine rings is 1. The number of rotatable bonds is 3. The van der Waals surface area contributed by atoms with E-state index in [0.717, 1.165) is 0 Å². The van der Waals surface area contributed by atoms with Crippen molar-refractivity contribution in [2.75, 3.05) is 17.7 Å². The van der Waals surface area contributed by atoms with E-state index in [-0.39, 0.29) is 11.6 Å². The smallest absolute Gasteiger partial charge is 0.274 e. The number of nitrogens with zero attached hydrogens (tertiary/aromatic N) is 2. The van der Waals surface area contributed by atoms with Gasteiger partial charge in [-0.1, -0.05) is 17.7 Å². The molecule has 0 fully saturated rings. The Kier molecular flexibility index (Phi) is 4.18. The second kappa shape index (κ2) is 6.04. The topological polar surface area (TPSA) is 77.8 Å². The number of anilines is 2. The molecule has 1 aromatic carbocycles. The fourth-order valence-electron chi connectivity index (χ4n) is 1.58. The van der Waals surface area contributed by atoms with Crippen LogP contribution in [0.1, 0.15) is 16.1 Å². The van der Waals surface area contributed by atoms with Crippen LogP contribution in [0, 0.1) is 11.3 Å². The first-order valence-electron chi connectivity index (χ1n) is 5.80. The molecule has 0 aliphatic rings. The Bertz CT molecular complexity index is 694. The Morgan fingerprint density at radius 3 is 2.85 bits per heavy atom. The van der Waals surface area contributed by atoms with Crippen LogP contribution in [0.3, 0.4) is 0 Å². The lowest BCUT2D eigenvalue weighted by atomic mass is 10.2. The Morgan fingerprint density at radius 1 is 1.35 bits per heavy atom. The zero-order chi connectivity index (χ0) is 14.5. The van der Waals surface area contributed by atoms with Gasteiger partial charge in [-0.25, -0.2) is 4.98 Å². The highest BCUT2D eigenvalue weighted by molar-refractivity contribution is 6.34. The van der Waals surface area contributed by atoms with Crippen LogP contribution in [0.25, 0.3) is 0 Å². The van der Waals surface area contributed by atoms with Crippen molar-refractivity contribution in [3.63, 3.8) is 0 Å². The summed E-state index contributed by atoms with van der Waals surface area (Å²) in [6.45, 7) is 0. The molecule has 0 spiro atoms. The van der Waals surface area contributed by atoms with Crippen molar-refractivity contribution < 1.29 is 4.79 Å². The first kappa shape index (κ1) is 13.8. The zero-order valence-corrected chi connectivity index (χ0v) is 11.4. The molecular formula is C14H11ClN4O. The number of aromatic nitrogens is 1. The van der Waals surface area contributed by atoms with Gasteiger partial charge in [0.05, 0.1) is 22.3 Å². The molecule has 1 aromatic heterocycles. The third-order valence-electron chi connectivity index (χ3n) is 2.58. The molecular weight excluding hydrogens is 276 g/mol. The predicted octanol–water partition coefficient (Wildman–Crippen LogP) is 2.90. The van der Waals surface area contributed by atoms with Gasteiger partial charge in [-0.05, 0) is 30.3 Å². The van der Waals surface area contributed by atoms with Gasteiger partial charge in [-0.15, -0.1) is 0 Å². The molecule has 20 heavy (non-hydrogen) atoms. The van der Waals surface area contributed by atoms with Crippen molar-refractivity contribution in [1.29, 1.82) is 5.26 Å². The third kappa shape index (κ3) is 3.05. The van der Waals surface area contributed by atoms with Crippen LogP contribution in [-0.4, -0.2) is 17.9 Å². The number of hydrogen-bond acceptors (Lipinski definition) is 4. The lowest BCUT2D eigenvalue weighted by molar-refractivity contribution is 0.102. The quantitative estimate of drug-likeness (QED) is 0.909. The summed E-state index contributed by atoms with van der Waals surface area (Å²) < 4.78 is 0. The van der Waals surface area contributed by atoms with Gasteiger partial charge in [0, 0.05) is 7.05 Å². The second-order valence-electron chi connectivity index (χ2n) is 3.92. The van der Waals surface area contributed by atoms with Crippen molar-refractivity contribution in [1.82, 2.24) is 4.98 Å². The lowest BCUT2D eigenvalue weighted by Crippen LogP contribution is -2.14. The maximum Gasteiger partial charge on any atom is 0.274 e. The van der Waals surface area contributed by atoms with Gasteiger partial charge in [0.1, 0.15) is 11.5 Å². The molecule has 0 saturated carbocycles. The van der Waals surface area contributed by atoms with E-state index in [4.69, 9.17) is 16.9 Å². The largest absolute Gasteiger partial charge is 0.373 e. The predicted molar refractivity (Wildman–Crippen MR) is 77.9 cm³/mol. The van der Waals surface area contributed by atoms with Gasteiger partial charge in [0.2, 0.25) is 0 Å². The Hall–Kier alpha value is -2.58. The average molecular weight is 287 g/mol. The zero-order valence-electron chi connectivity index (χ0n) is 10.6. The standard InChI is InChI=1S/C14H11ClN4O/c1-17-13-4-2-3-11(18-13)14(20)19-12-7-9(8-16)5-6-10(12)15/h2-7H,1H3,(H,17,18)(H,19,20). The molecule has 1 amide bonds. The number of amides is 1. The third-order valence-corrected chi connectivity index (χ3v) is 2.91. The first-order chi connectivity index (χ1) is 9.63. The molecule has 0 unspecified atom stereocenters. The highest BCUT2D eigenvalue weighted by Gasteiger charge is 2.11. The van der Waals surface area contributed by atoms with E-state index in [1.165, 1.54) is 6.07 Å². The Balaban J connectivity index is 2.25. The van der Waals surface area contributed by atoms with Crippen LogP contribution in [0.5, 0.6) is 0 Å². The molecule has 6 heteroatoms. The molecule has 2 aromatic rings. The molecule has 0 saturated heterocycles. The number of carbonyl (C=O) groups excluding carboxylic acids is 1. The highest BCUT2D eigenvalue weighted by Crippen LogP contribution is 2.23. The normalized spacial score (nSPS) is 9.65. The highest BCUT2D eigenvalue weighted by atomic mass is 35.5. The number of carbonyl (C=O) groups is 1. The number of nitrogens with one attached hydrogen (secondary N) is 2. The Labute approximate surface area is 121 Å². The number of halogens is 1. The van der Waals surface area contributed by atoms with Gasteiger partial charge in [-0.2, -0.15) is 5.26 Å². The maximum atomic E-state index is 12.1. The van der Waals surface area contributed by atoms with Crippen molar-refractivity contribution >= 4 is 29.0 Å². The number of nitriles is 1. The van der Waals surface area contributed by atoms with Crippen LogP contribution >= 0.6 is 11.6 Å². The van der Waals surface area contributed by atoms with Crippen LogP contribution in [0.15, 0.2) is 36.4 Å². The van der Waals surface area contributed by atoms with Gasteiger partial charge in [0.25, 0.3) is 5.91 Å². The summed E-state index contributed by atoms with van der Waals surface area (Å²) in [6.07, 6.45) is 0. The fourth-order valence-corrected chi connectivity index (χ4v) is 1.74. The van der Waals surface area contributed by atoms with E-state index in [1.54, 1.807) is 37.4 Å². The van der Waals surface area contributed by atoms with E-state index in [1.807, 2.05) is 6.07 Å². The summed E-state index contributed by atoms with van der Waals surface area (Å²) in [7, 11) is 1.72. The average Bonchev–Trinajstić information content (AvgIpc) is 2.49. The minimum absolute atomic E-state index is 0.260. The molecule has 2 rings (SSSR count). The fraction of sp³-hybridized carbons (Fsp3) is 0.0714. The molecule has 2 N–H and O–H groups in total. The number of hydrogen-bond donors (Lipinski definition) is 2. The first-order valence-corrected chi connectivity index (χ1v) is 6.17. The van der Waals surface area contributed by atoms with Crippen molar-refractivity contribution in [3.8, 4) is 6.07 Å². The summed E-state index contributed by atoms with van der Waals surface area (Å²) in [4.78, 5) is 16.2. The molecule has 0 aliphatic carbocycles. The van der Waals surface area contributed by atoms with Crippen LogP contribution in [-0.2, 0) is 0 Å². The van der Waals surface area contributed by atoms with Gasteiger partial charge >= 0.3 is 0 Å². The SMILES string of the molecule is CNc1cccc(C(=O)Nc2cc(C#N)ccc2Cl)n1. The van der Waals surface area contributed by atoms with Crippen LogP contribution in [0.4, 0.5) is 11.5 Å². The molecule has 0 atom stereocenters. The number of benzene rings is 1. The summed E-state index contributed by atoms with van der Waals surface area (Å²) in [5.41, 5.74) is 1.06. The maximum absolute atomic E-state index is 12.1. The van der Waals surface area contributed by atoms with Gasteiger partial charge < -0.3 is 10.6 Å². The summed E-state index contributed by atoms with van der Waals surface area (Å²) in [5.74, 6) is 0.202. The molecule has 0 radical (unpaired) electrons. The van der Waals surface area contributed by atoms with Crippen LogP contribution < -0.4 is 10.6 Å². The van der Waals surface area contributed by atoms with E-state index in [0.29, 0.717) is 22.1 Å². The monoisotopic (exact) mass is 286 g/mol. The van der Waals surface area contributed by atoms with Gasteiger partial charge in [-0.3, -0.25) is 4.79 Å². The van der Waals surface area contributed by atoms with Crippen molar-refractivity contribution in [2.24, 2.45) is 0 Å². The van der Waals surface area contributed by atoms with Crippen LogP contribution in [0.2, 0.25) is 5.02 Å². The minimum Gasteiger partial charge on any atom is -0.373 e. The summed E-state index contributed by atoms with van der Waals surface area (Å²) >= 11 is 5.99. The lowest BCUT2D eigenvalue weighted by Gasteiger charge is -2.08. The van der Waals surface area contributed by atoms with Crippen molar-refractivity contribution in [2.45, 2.75) is 0 Å². The van der Waals surface area contributed by atoms with Crippen molar-refractivity contribution in [3.05, 3.63) is 52.7 Å².